The minimum absolute atomic E-state index is 0.0128. The van der Waals surface area contributed by atoms with E-state index in [9.17, 15) is 9.59 Å². The molecular formula is C15H22O4. The molecule has 0 aliphatic rings. The Kier molecular flexibility index (Phi) is 8.25. The van der Waals surface area contributed by atoms with E-state index in [1.165, 1.54) is 21.1 Å². The Balaban J connectivity index is 0.00000154. The summed E-state index contributed by atoms with van der Waals surface area (Å²) in [5.41, 5.74) is 0.531. The molecule has 1 aromatic rings. The molecule has 0 saturated carbocycles. The standard InChI is InChI=1S/C13H16O4.C2H6/c1-9(14)4-6-11(15)10-5-7-12(16-2)13(8-10)17-3;1-2/h5,7-8H,4,6H2,1-3H3;1-2H3. The van der Waals surface area contributed by atoms with Gasteiger partial charge in [-0.25, -0.2) is 0 Å². The second-order valence-corrected chi connectivity index (χ2v) is 3.69. The molecule has 0 heterocycles. The maximum absolute atomic E-state index is 11.8. The highest BCUT2D eigenvalue weighted by Crippen LogP contribution is 2.28. The fourth-order valence-corrected chi connectivity index (χ4v) is 1.44. The summed E-state index contributed by atoms with van der Waals surface area (Å²) in [6.07, 6.45) is 0.498. The van der Waals surface area contributed by atoms with Crippen LogP contribution in [-0.2, 0) is 4.79 Å². The predicted molar refractivity (Wildman–Crippen MR) is 75.1 cm³/mol. The highest BCUT2D eigenvalue weighted by atomic mass is 16.5. The molecule has 0 saturated heterocycles. The van der Waals surface area contributed by atoms with Crippen molar-refractivity contribution < 1.29 is 19.1 Å². The van der Waals surface area contributed by atoms with Gasteiger partial charge in [0.05, 0.1) is 14.2 Å². The molecule has 0 spiro atoms. The zero-order valence-electron chi connectivity index (χ0n) is 12.3. The number of ketones is 2. The maximum atomic E-state index is 11.8. The first-order valence-corrected chi connectivity index (χ1v) is 6.33. The van der Waals surface area contributed by atoms with Crippen molar-refractivity contribution in [2.45, 2.75) is 33.6 Å². The van der Waals surface area contributed by atoms with Crippen molar-refractivity contribution in [1.29, 1.82) is 0 Å². The first-order chi connectivity index (χ1) is 9.08. The third kappa shape index (κ3) is 5.55. The van der Waals surface area contributed by atoms with E-state index in [-0.39, 0.29) is 24.4 Å². The highest BCUT2D eigenvalue weighted by molar-refractivity contribution is 5.98. The lowest BCUT2D eigenvalue weighted by Gasteiger charge is -2.08. The van der Waals surface area contributed by atoms with Crippen molar-refractivity contribution in [1.82, 2.24) is 0 Å². The van der Waals surface area contributed by atoms with Crippen molar-refractivity contribution in [2.24, 2.45) is 0 Å². The predicted octanol–water partition coefficient (Wildman–Crippen LogP) is 3.28. The summed E-state index contributed by atoms with van der Waals surface area (Å²) in [4.78, 5) is 22.6. The lowest BCUT2D eigenvalue weighted by atomic mass is 10.0. The van der Waals surface area contributed by atoms with Gasteiger partial charge in [0.2, 0.25) is 0 Å². The van der Waals surface area contributed by atoms with Crippen molar-refractivity contribution >= 4 is 11.6 Å². The van der Waals surface area contributed by atoms with Crippen LogP contribution < -0.4 is 9.47 Å². The van der Waals surface area contributed by atoms with Crippen molar-refractivity contribution in [3.8, 4) is 11.5 Å². The molecule has 0 aliphatic carbocycles. The molecule has 106 valence electrons. The molecule has 19 heavy (non-hydrogen) atoms. The van der Waals surface area contributed by atoms with Crippen LogP contribution in [-0.4, -0.2) is 25.8 Å². The quantitative estimate of drug-likeness (QED) is 0.741. The van der Waals surface area contributed by atoms with Crippen LogP contribution in [0.25, 0.3) is 0 Å². The number of carbonyl (C=O) groups excluding carboxylic acids is 2. The first-order valence-electron chi connectivity index (χ1n) is 6.33. The molecule has 0 fully saturated rings. The van der Waals surface area contributed by atoms with Gasteiger partial charge in [-0.1, -0.05) is 13.8 Å². The van der Waals surface area contributed by atoms with E-state index in [1.807, 2.05) is 13.8 Å². The topological polar surface area (TPSA) is 52.6 Å². The SMILES string of the molecule is CC.COc1ccc(C(=O)CCC(C)=O)cc1OC. The van der Waals surface area contributed by atoms with E-state index in [0.717, 1.165) is 0 Å². The number of ether oxygens (including phenoxy) is 2. The second kappa shape index (κ2) is 9.14. The normalized spacial score (nSPS) is 9.11. The minimum atomic E-state index is -0.0684. The maximum Gasteiger partial charge on any atom is 0.163 e. The molecule has 0 unspecified atom stereocenters. The average molecular weight is 266 g/mol. The van der Waals surface area contributed by atoms with Gasteiger partial charge in [0.25, 0.3) is 0 Å². The lowest BCUT2D eigenvalue weighted by molar-refractivity contribution is -0.116. The van der Waals surface area contributed by atoms with Gasteiger partial charge in [-0.2, -0.15) is 0 Å². The number of rotatable bonds is 6. The van der Waals surface area contributed by atoms with Gasteiger partial charge in [0, 0.05) is 18.4 Å². The zero-order valence-corrected chi connectivity index (χ0v) is 12.3. The Bertz CT molecular complexity index is 424. The molecule has 0 atom stereocenters. The van der Waals surface area contributed by atoms with Crippen LogP contribution in [0.15, 0.2) is 18.2 Å². The molecule has 0 N–H and O–H groups in total. The smallest absolute Gasteiger partial charge is 0.163 e. The summed E-state index contributed by atoms with van der Waals surface area (Å²) in [5.74, 6) is 1.04. The van der Waals surface area contributed by atoms with Crippen LogP contribution >= 0.6 is 0 Å². The van der Waals surface area contributed by atoms with Crippen LogP contribution in [0.1, 0.15) is 44.0 Å². The van der Waals surface area contributed by atoms with Gasteiger partial charge in [-0.3, -0.25) is 4.79 Å². The average Bonchev–Trinajstić information content (AvgIpc) is 2.45. The molecule has 4 heteroatoms. The fraction of sp³-hybridized carbons (Fsp3) is 0.467. The van der Waals surface area contributed by atoms with E-state index in [1.54, 1.807) is 18.2 Å². The number of hydrogen-bond donors (Lipinski definition) is 0. The molecule has 1 aromatic carbocycles. The van der Waals surface area contributed by atoms with Crippen LogP contribution in [0.2, 0.25) is 0 Å². The molecule has 1 rings (SSSR count). The summed E-state index contributed by atoms with van der Waals surface area (Å²) >= 11 is 0. The summed E-state index contributed by atoms with van der Waals surface area (Å²) in [6, 6.07) is 4.98. The first kappa shape index (κ1) is 17.2. The number of methoxy groups -OCH3 is 2. The number of carbonyl (C=O) groups is 2. The third-order valence-corrected chi connectivity index (χ3v) is 2.41. The van der Waals surface area contributed by atoms with Gasteiger partial charge in [-0.15, -0.1) is 0 Å². The summed E-state index contributed by atoms with van der Waals surface area (Å²) in [7, 11) is 3.05. The second-order valence-electron chi connectivity index (χ2n) is 3.69. The van der Waals surface area contributed by atoms with E-state index < -0.39 is 0 Å². The van der Waals surface area contributed by atoms with Crippen molar-refractivity contribution in [3.63, 3.8) is 0 Å². The summed E-state index contributed by atoms with van der Waals surface area (Å²) in [5, 5.41) is 0. The molecule has 0 bridgehead atoms. The number of hydrogen-bond acceptors (Lipinski definition) is 4. The zero-order chi connectivity index (χ0) is 14.8. The molecular weight excluding hydrogens is 244 g/mol. The molecule has 0 radical (unpaired) electrons. The van der Waals surface area contributed by atoms with Gasteiger partial charge >= 0.3 is 0 Å². The van der Waals surface area contributed by atoms with Crippen LogP contribution in [0, 0.1) is 0 Å². The Morgan fingerprint density at radius 2 is 1.58 bits per heavy atom. The molecule has 0 aliphatic heterocycles. The highest BCUT2D eigenvalue weighted by Gasteiger charge is 2.11. The van der Waals surface area contributed by atoms with Gasteiger partial charge in [-0.05, 0) is 25.1 Å². The molecule has 0 amide bonds. The Morgan fingerprint density at radius 3 is 2.05 bits per heavy atom. The monoisotopic (exact) mass is 266 g/mol. The van der Waals surface area contributed by atoms with Crippen molar-refractivity contribution in [3.05, 3.63) is 23.8 Å². The minimum Gasteiger partial charge on any atom is -0.493 e. The van der Waals surface area contributed by atoms with Crippen LogP contribution in [0.4, 0.5) is 0 Å². The Morgan fingerprint density at radius 1 is 1.00 bits per heavy atom. The largest absolute Gasteiger partial charge is 0.493 e. The van der Waals surface area contributed by atoms with E-state index in [0.29, 0.717) is 17.1 Å². The lowest BCUT2D eigenvalue weighted by Crippen LogP contribution is -2.03. The Labute approximate surface area is 114 Å². The number of Topliss-reactive ketones (excluding diaryl/α,β-unsaturated/α-hetero) is 2. The van der Waals surface area contributed by atoms with Crippen molar-refractivity contribution in [2.75, 3.05) is 14.2 Å². The third-order valence-electron chi connectivity index (χ3n) is 2.41. The van der Waals surface area contributed by atoms with E-state index >= 15 is 0 Å². The number of benzene rings is 1. The van der Waals surface area contributed by atoms with Gasteiger partial charge < -0.3 is 14.3 Å². The summed E-state index contributed by atoms with van der Waals surface area (Å²) < 4.78 is 10.2. The van der Waals surface area contributed by atoms with Crippen LogP contribution in [0.5, 0.6) is 11.5 Å². The molecule has 4 nitrogen and oxygen atoms in total. The summed E-state index contributed by atoms with van der Waals surface area (Å²) in [6.45, 7) is 5.47. The van der Waals surface area contributed by atoms with Gasteiger partial charge in [0.15, 0.2) is 17.3 Å². The van der Waals surface area contributed by atoms with Crippen LogP contribution in [0.3, 0.4) is 0 Å². The fourth-order valence-electron chi connectivity index (χ4n) is 1.44. The molecule has 0 aromatic heterocycles. The van der Waals surface area contributed by atoms with E-state index in [2.05, 4.69) is 0 Å². The Hall–Kier alpha value is -1.84. The van der Waals surface area contributed by atoms with Gasteiger partial charge in [0.1, 0.15) is 5.78 Å². The van der Waals surface area contributed by atoms with E-state index in [4.69, 9.17) is 9.47 Å².